The highest BCUT2D eigenvalue weighted by molar-refractivity contribution is 7.88. The maximum Gasteiger partial charge on any atom is 0.208 e. The van der Waals surface area contributed by atoms with E-state index in [4.69, 9.17) is 0 Å². The SMILES string of the molecule is CS(=O)(=O)NC[C@@H]1Cc2ccccc2CN1. The maximum absolute atomic E-state index is 11.0. The molecule has 1 heterocycles. The quantitative estimate of drug-likeness (QED) is 0.796. The van der Waals surface area contributed by atoms with Gasteiger partial charge in [-0.2, -0.15) is 0 Å². The molecule has 0 fully saturated rings. The topological polar surface area (TPSA) is 58.2 Å². The lowest BCUT2D eigenvalue weighted by Crippen LogP contribution is -2.44. The summed E-state index contributed by atoms with van der Waals surface area (Å²) in [7, 11) is -3.09. The molecule has 1 atom stereocenters. The van der Waals surface area contributed by atoms with Gasteiger partial charge in [-0.15, -0.1) is 0 Å². The third-order valence-electron chi connectivity index (χ3n) is 2.76. The molecule has 1 aliphatic heterocycles. The number of fused-ring (bicyclic) bond motifs is 1. The lowest BCUT2D eigenvalue weighted by atomic mass is 9.96. The van der Waals surface area contributed by atoms with Crippen molar-refractivity contribution in [1.29, 1.82) is 0 Å². The Kier molecular flexibility index (Phi) is 3.28. The van der Waals surface area contributed by atoms with Crippen LogP contribution in [0.2, 0.25) is 0 Å². The number of rotatable bonds is 3. The van der Waals surface area contributed by atoms with Crippen LogP contribution >= 0.6 is 0 Å². The van der Waals surface area contributed by atoms with Crippen LogP contribution in [0.5, 0.6) is 0 Å². The van der Waals surface area contributed by atoms with Crippen LogP contribution in [0.15, 0.2) is 24.3 Å². The first-order chi connectivity index (χ1) is 7.54. The van der Waals surface area contributed by atoms with Gasteiger partial charge < -0.3 is 5.32 Å². The molecule has 1 aliphatic rings. The van der Waals surface area contributed by atoms with Crippen molar-refractivity contribution >= 4 is 10.0 Å². The zero-order valence-electron chi connectivity index (χ0n) is 9.23. The highest BCUT2D eigenvalue weighted by Gasteiger charge is 2.18. The Labute approximate surface area is 96.1 Å². The third kappa shape index (κ3) is 3.04. The predicted molar refractivity (Wildman–Crippen MR) is 63.6 cm³/mol. The van der Waals surface area contributed by atoms with Gasteiger partial charge in [0.15, 0.2) is 0 Å². The van der Waals surface area contributed by atoms with Crippen molar-refractivity contribution in [1.82, 2.24) is 10.0 Å². The van der Waals surface area contributed by atoms with Crippen LogP contribution < -0.4 is 10.0 Å². The summed E-state index contributed by atoms with van der Waals surface area (Å²) >= 11 is 0. The first-order valence-electron chi connectivity index (χ1n) is 5.29. The summed E-state index contributed by atoms with van der Waals surface area (Å²) in [6.07, 6.45) is 2.06. The molecule has 0 bridgehead atoms. The van der Waals surface area contributed by atoms with E-state index in [-0.39, 0.29) is 6.04 Å². The van der Waals surface area contributed by atoms with Crippen LogP contribution in [0.1, 0.15) is 11.1 Å². The number of nitrogens with one attached hydrogen (secondary N) is 2. The molecule has 1 aromatic rings. The summed E-state index contributed by atoms with van der Waals surface area (Å²) < 4.78 is 24.5. The molecule has 4 nitrogen and oxygen atoms in total. The van der Waals surface area contributed by atoms with Gasteiger partial charge in [0.25, 0.3) is 0 Å². The Morgan fingerprint density at radius 2 is 2.06 bits per heavy atom. The molecule has 0 amide bonds. The molecule has 0 saturated heterocycles. The average Bonchev–Trinajstić information content (AvgIpc) is 2.25. The van der Waals surface area contributed by atoms with E-state index >= 15 is 0 Å². The first-order valence-corrected chi connectivity index (χ1v) is 7.18. The molecular formula is C11H16N2O2S. The largest absolute Gasteiger partial charge is 0.308 e. The summed E-state index contributed by atoms with van der Waals surface area (Å²) in [5.41, 5.74) is 2.61. The zero-order valence-corrected chi connectivity index (χ0v) is 10.0. The van der Waals surface area contributed by atoms with Crippen LogP contribution in [-0.4, -0.2) is 27.3 Å². The second-order valence-corrected chi connectivity index (χ2v) is 6.00. The van der Waals surface area contributed by atoms with Crippen LogP contribution in [-0.2, 0) is 23.0 Å². The van der Waals surface area contributed by atoms with E-state index in [1.807, 2.05) is 12.1 Å². The molecule has 2 N–H and O–H groups in total. The molecule has 16 heavy (non-hydrogen) atoms. The van der Waals surface area contributed by atoms with Gasteiger partial charge in [-0.05, 0) is 17.5 Å². The molecule has 5 heteroatoms. The van der Waals surface area contributed by atoms with E-state index in [2.05, 4.69) is 22.2 Å². The fourth-order valence-corrected chi connectivity index (χ4v) is 2.42. The maximum atomic E-state index is 11.0. The number of benzene rings is 1. The molecule has 0 aromatic heterocycles. The minimum Gasteiger partial charge on any atom is -0.308 e. The number of hydrogen-bond donors (Lipinski definition) is 2. The second kappa shape index (κ2) is 4.53. The Bertz CT molecular complexity index is 471. The molecule has 0 saturated carbocycles. The monoisotopic (exact) mass is 240 g/mol. The summed E-state index contributed by atoms with van der Waals surface area (Å²) in [6, 6.07) is 8.43. The van der Waals surface area contributed by atoms with Gasteiger partial charge in [0, 0.05) is 19.1 Å². The first kappa shape index (κ1) is 11.6. The summed E-state index contributed by atoms with van der Waals surface area (Å²) in [5, 5.41) is 3.32. The van der Waals surface area contributed by atoms with Gasteiger partial charge >= 0.3 is 0 Å². The highest BCUT2D eigenvalue weighted by atomic mass is 32.2. The van der Waals surface area contributed by atoms with E-state index in [1.54, 1.807) is 0 Å². The van der Waals surface area contributed by atoms with Gasteiger partial charge in [-0.1, -0.05) is 24.3 Å². The van der Waals surface area contributed by atoms with Crippen LogP contribution in [0.25, 0.3) is 0 Å². The summed E-state index contributed by atoms with van der Waals surface area (Å²) in [5.74, 6) is 0. The summed E-state index contributed by atoms with van der Waals surface area (Å²) in [4.78, 5) is 0. The van der Waals surface area contributed by atoms with Crippen LogP contribution in [0.3, 0.4) is 0 Å². The van der Waals surface area contributed by atoms with Gasteiger partial charge in [0.05, 0.1) is 6.26 Å². The van der Waals surface area contributed by atoms with E-state index in [1.165, 1.54) is 17.4 Å². The van der Waals surface area contributed by atoms with Gasteiger partial charge in [0.2, 0.25) is 10.0 Å². The van der Waals surface area contributed by atoms with Gasteiger partial charge in [0.1, 0.15) is 0 Å². The fourth-order valence-electron chi connectivity index (χ4n) is 1.92. The minimum absolute atomic E-state index is 0.185. The molecule has 2 rings (SSSR count). The van der Waals surface area contributed by atoms with E-state index in [0.717, 1.165) is 13.0 Å². The minimum atomic E-state index is -3.09. The second-order valence-electron chi connectivity index (χ2n) is 4.17. The fraction of sp³-hybridized carbons (Fsp3) is 0.455. The summed E-state index contributed by atoms with van der Waals surface area (Å²) in [6.45, 7) is 1.26. The van der Waals surface area contributed by atoms with Crippen molar-refractivity contribution in [3.8, 4) is 0 Å². The lowest BCUT2D eigenvalue weighted by Gasteiger charge is -2.26. The van der Waals surface area contributed by atoms with E-state index < -0.39 is 10.0 Å². The van der Waals surface area contributed by atoms with Gasteiger partial charge in [-0.25, -0.2) is 13.1 Å². The smallest absolute Gasteiger partial charge is 0.208 e. The van der Waals surface area contributed by atoms with Crippen molar-refractivity contribution < 1.29 is 8.42 Å². The van der Waals surface area contributed by atoms with E-state index in [9.17, 15) is 8.42 Å². The molecular weight excluding hydrogens is 224 g/mol. The highest BCUT2D eigenvalue weighted by Crippen LogP contribution is 2.15. The molecule has 88 valence electrons. The average molecular weight is 240 g/mol. The Morgan fingerprint density at radius 3 is 2.75 bits per heavy atom. The van der Waals surface area contributed by atoms with Gasteiger partial charge in [-0.3, -0.25) is 0 Å². The van der Waals surface area contributed by atoms with Crippen molar-refractivity contribution in [2.75, 3.05) is 12.8 Å². The van der Waals surface area contributed by atoms with Crippen molar-refractivity contribution in [3.05, 3.63) is 35.4 Å². The zero-order chi connectivity index (χ0) is 11.6. The number of hydrogen-bond acceptors (Lipinski definition) is 3. The Hall–Kier alpha value is -0.910. The van der Waals surface area contributed by atoms with Crippen LogP contribution in [0, 0.1) is 0 Å². The Morgan fingerprint density at radius 1 is 1.38 bits per heavy atom. The molecule has 0 spiro atoms. The van der Waals surface area contributed by atoms with E-state index in [0.29, 0.717) is 6.54 Å². The lowest BCUT2D eigenvalue weighted by molar-refractivity contribution is 0.470. The standard InChI is InChI=1S/C11H16N2O2S/c1-16(14,15)13-8-11-6-9-4-2-3-5-10(9)7-12-11/h2-5,11-13H,6-8H2,1H3/t11-/m0/s1. The molecule has 0 unspecified atom stereocenters. The van der Waals surface area contributed by atoms with Crippen molar-refractivity contribution in [3.63, 3.8) is 0 Å². The van der Waals surface area contributed by atoms with Crippen LogP contribution in [0.4, 0.5) is 0 Å². The normalized spacial score (nSPS) is 20.4. The van der Waals surface area contributed by atoms with Crippen molar-refractivity contribution in [2.24, 2.45) is 0 Å². The number of sulfonamides is 1. The molecule has 0 radical (unpaired) electrons. The predicted octanol–water partition coefficient (Wildman–Crippen LogP) is 0.250. The third-order valence-corrected chi connectivity index (χ3v) is 3.45. The van der Waals surface area contributed by atoms with Crippen molar-refractivity contribution in [2.45, 2.75) is 19.0 Å². The Balaban J connectivity index is 1.98. The molecule has 1 aromatic carbocycles. The molecule has 0 aliphatic carbocycles.